The average Bonchev–Trinajstić information content (AvgIpc) is 2.83. The molecule has 0 aliphatic carbocycles. The van der Waals surface area contributed by atoms with Crippen molar-refractivity contribution in [2.24, 2.45) is 4.99 Å². The largest absolute Gasteiger partial charge is 0.416 e. The van der Waals surface area contributed by atoms with Gasteiger partial charge in [0.2, 0.25) is 0 Å². The van der Waals surface area contributed by atoms with Crippen molar-refractivity contribution in [3.63, 3.8) is 0 Å². The maximum Gasteiger partial charge on any atom is 0.416 e. The highest BCUT2D eigenvalue weighted by molar-refractivity contribution is 5.82. The van der Waals surface area contributed by atoms with E-state index in [-0.39, 0.29) is 29.7 Å². The number of rotatable bonds is 12. The highest BCUT2D eigenvalue weighted by Gasteiger charge is 2.32. The summed E-state index contributed by atoms with van der Waals surface area (Å²) in [6.07, 6.45) is 1.71. The molecule has 0 saturated heterocycles. The second-order valence-electron chi connectivity index (χ2n) is 8.07. The van der Waals surface area contributed by atoms with Gasteiger partial charge in [0.05, 0.1) is 11.3 Å². The first-order valence-electron chi connectivity index (χ1n) is 11.6. The Hall–Kier alpha value is -3.35. The van der Waals surface area contributed by atoms with Gasteiger partial charge in [-0.25, -0.2) is 8.78 Å². The van der Waals surface area contributed by atoms with E-state index in [0.29, 0.717) is 29.6 Å². The highest BCUT2D eigenvalue weighted by atomic mass is 19.4. The molecular weight excluding hydrogens is 471 g/mol. The molecule has 7 heteroatoms. The van der Waals surface area contributed by atoms with Crippen LogP contribution in [0.25, 0.3) is 0 Å². The van der Waals surface area contributed by atoms with Crippen LogP contribution >= 0.6 is 0 Å². The zero-order valence-corrected chi connectivity index (χ0v) is 21.2. The van der Waals surface area contributed by atoms with E-state index in [4.69, 9.17) is 5.41 Å². The smallest absolute Gasteiger partial charge is 0.308 e. The summed E-state index contributed by atoms with van der Waals surface area (Å²) in [7, 11) is 0. The summed E-state index contributed by atoms with van der Waals surface area (Å²) in [6.45, 7) is 14.4. The van der Waals surface area contributed by atoms with Crippen LogP contribution in [0, 0.1) is 17.0 Å². The van der Waals surface area contributed by atoms with Gasteiger partial charge in [-0.05, 0) is 74.0 Å². The standard InChI is InChI=1S/C29H33F5N2/c1-7-12-24(29(32,33)34)17-23(28(36-10-4)25(9-3)20(6)18-35)16-22(19(5)8-2)15-21-13-11-14-26(30)27(21)31/h7,10-14,17-18,35H,1,6,8-9,15-16H2,2-5H3/b22-19+,23-17+,24-12+,28-25-,35-18?,36-10?. The van der Waals surface area contributed by atoms with Gasteiger partial charge in [-0.3, -0.25) is 4.99 Å². The first-order chi connectivity index (χ1) is 16.9. The fraction of sp³-hybridized carbons (Fsp3) is 0.310. The number of hydrogen-bond acceptors (Lipinski definition) is 2. The molecule has 0 aliphatic rings. The predicted molar refractivity (Wildman–Crippen MR) is 139 cm³/mol. The molecule has 36 heavy (non-hydrogen) atoms. The van der Waals surface area contributed by atoms with Crippen LogP contribution in [0.4, 0.5) is 22.0 Å². The molecule has 0 amide bonds. The van der Waals surface area contributed by atoms with Crippen LogP contribution in [0.2, 0.25) is 0 Å². The lowest BCUT2D eigenvalue weighted by Gasteiger charge is -2.20. The van der Waals surface area contributed by atoms with Crippen LogP contribution in [0.3, 0.4) is 0 Å². The van der Waals surface area contributed by atoms with Crippen LogP contribution < -0.4 is 0 Å². The van der Waals surface area contributed by atoms with Gasteiger partial charge in [0.1, 0.15) is 0 Å². The second-order valence-corrected chi connectivity index (χ2v) is 8.07. The van der Waals surface area contributed by atoms with Crippen LogP contribution in [0.5, 0.6) is 0 Å². The van der Waals surface area contributed by atoms with E-state index in [1.807, 2.05) is 13.8 Å². The summed E-state index contributed by atoms with van der Waals surface area (Å²) < 4.78 is 69.9. The first-order valence-corrected chi connectivity index (χ1v) is 11.6. The van der Waals surface area contributed by atoms with Crippen molar-refractivity contribution in [2.75, 3.05) is 0 Å². The van der Waals surface area contributed by atoms with Gasteiger partial charge in [-0.2, -0.15) is 13.2 Å². The number of alkyl halides is 3. The Labute approximate surface area is 210 Å². The Morgan fingerprint density at radius 3 is 2.31 bits per heavy atom. The zero-order chi connectivity index (χ0) is 27.5. The van der Waals surface area contributed by atoms with Crippen LogP contribution in [-0.2, 0) is 6.42 Å². The van der Waals surface area contributed by atoms with Crippen molar-refractivity contribution in [3.05, 3.63) is 106 Å². The van der Waals surface area contributed by atoms with Crippen LogP contribution in [0.1, 0.15) is 52.5 Å². The fourth-order valence-corrected chi connectivity index (χ4v) is 3.62. The molecule has 0 aliphatic heterocycles. The lowest BCUT2D eigenvalue weighted by atomic mass is 9.88. The molecule has 1 rings (SSSR count). The first kappa shape index (κ1) is 30.7. The molecular formula is C29H33F5N2. The summed E-state index contributed by atoms with van der Waals surface area (Å²) in [5, 5.41) is 7.63. The average molecular weight is 505 g/mol. The number of hydrogen-bond donors (Lipinski definition) is 1. The van der Waals surface area contributed by atoms with Gasteiger partial charge in [-0.1, -0.05) is 62.4 Å². The Morgan fingerprint density at radius 2 is 1.81 bits per heavy atom. The maximum absolute atomic E-state index is 14.5. The van der Waals surface area contributed by atoms with Gasteiger partial charge in [0, 0.05) is 12.4 Å². The molecule has 0 aromatic heterocycles. The number of nitrogens with zero attached hydrogens (tertiary/aromatic N) is 1. The molecule has 0 unspecified atom stereocenters. The number of halogens is 5. The van der Waals surface area contributed by atoms with Gasteiger partial charge in [0.25, 0.3) is 0 Å². The van der Waals surface area contributed by atoms with Crippen molar-refractivity contribution in [1.82, 2.24) is 0 Å². The number of benzene rings is 1. The number of allylic oxidation sites excluding steroid dienone is 9. The van der Waals surface area contributed by atoms with E-state index >= 15 is 0 Å². The Morgan fingerprint density at radius 1 is 1.14 bits per heavy atom. The van der Waals surface area contributed by atoms with Crippen molar-refractivity contribution >= 4 is 12.4 Å². The van der Waals surface area contributed by atoms with Crippen molar-refractivity contribution in [2.45, 2.75) is 59.6 Å². The topological polar surface area (TPSA) is 36.2 Å². The van der Waals surface area contributed by atoms with Crippen LogP contribution in [-0.4, -0.2) is 18.6 Å². The Balaban J connectivity index is 3.95. The van der Waals surface area contributed by atoms with Crippen LogP contribution in [0.15, 0.2) is 93.7 Å². The lowest BCUT2D eigenvalue weighted by molar-refractivity contribution is -0.0882. The normalized spacial score (nSPS) is 14.5. The summed E-state index contributed by atoms with van der Waals surface area (Å²) in [4.78, 5) is 4.38. The zero-order valence-electron chi connectivity index (χ0n) is 21.2. The molecule has 2 nitrogen and oxygen atoms in total. The van der Waals surface area contributed by atoms with E-state index in [2.05, 4.69) is 18.2 Å². The third-order valence-electron chi connectivity index (χ3n) is 5.69. The fourth-order valence-electron chi connectivity index (χ4n) is 3.62. The highest BCUT2D eigenvalue weighted by Crippen LogP contribution is 2.35. The molecule has 1 aromatic rings. The molecule has 0 radical (unpaired) electrons. The molecule has 0 heterocycles. The third kappa shape index (κ3) is 8.40. The quantitative estimate of drug-likeness (QED) is 0.127. The molecule has 0 atom stereocenters. The summed E-state index contributed by atoms with van der Waals surface area (Å²) in [5.74, 6) is -1.97. The van der Waals surface area contributed by atoms with Crippen molar-refractivity contribution < 1.29 is 22.0 Å². The molecule has 0 fully saturated rings. The molecule has 194 valence electrons. The molecule has 1 aromatic carbocycles. The van der Waals surface area contributed by atoms with E-state index in [0.717, 1.165) is 36.1 Å². The second kappa shape index (κ2) is 14.3. The summed E-state index contributed by atoms with van der Waals surface area (Å²) in [6, 6.07) is 3.87. The third-order valence-corrected chi connectivity index (χ3v) is 5.69. The van der Waals surface area contributed by atoms with E-state index < -0.39 is 23.4 Å². The lowest BCUT2D eigenvalue weighted by Crippen LogP contribution is -2.12. The monoisotopic (exact) mass is 504 g/mol. The maximum atomic E-state index is 14.5. The Bertz CT molecular complexity index is 1130. The molecule has 0 spiro atoms. The molecule has 1 N–H and O–H groups in total. The van der Waals surface area contributed by atoms with Gasteiger partial charge in [-0.15, -0.1) is 0 Å². The SMILES string of the molecule is C=C\C=C(/C=C(C/C(Cc1cccc(F)c1F)=C(\C)CC)/C(N=CC)=C(\CC)C(=C)C=N)C(F)(F)F. The molecule has 0 saturated carbocycles. The van der Waals surface area contributed by atoms with Gasteiger partial charge < -0.3 is 5.41 Å². The molecule has 0 bridgehead atoms. The number of nitrogens with one attached hydrogen (secondary N) is 1. The summed E-state index contributed by atoms with van der Waals surface area (Å²) >= 11 is 0. The van der Waals surface area contributed by atoms with Gasteiger partial charge >= 0.3 is 6.18 Å². The predicted octanol–water partition coefficient (Wildman–Crippen LogP) is 9.19. The van der Waals surface area contributed by atoms with E-state index in [1.165, 1.54) is 18.3 Å². The minimum Gasteiger partial charge on any atom is -0.308 e. The van der Waals surface area contributed by atoms with E-state index in [1.54, 1.807) is 13.8 Å². The van der Waals surface area contributed by atoms with Crippen molar-refractivity contribution in [3.8, 4) is 0 Å². The van der Waals surface area contributed by atoms with Crippen molar-refractivity contribution in [1.29, 1.82) is 5.41 Å². The van der Waals surface area contributed by atoms with E-state index in [9.17, 15) is 22.0 Å². The minimum atomic E-state index is -4.66. The summed E-state index contributed by atoms with van der Waals surface area (Å²) in [5.41, 5.74) is 1.98. The minimum absolute atomic E-state index is 0.00163. The Kier molecular flexibility index (Phi) is 12.2. The number of aliphatic imine (C=N–C) groups is 1. The van der Waals surface area contributed by atoms with Gasteiger partial charge in [0.15, 0.2) is 11.6 Å².